The predicted octanol–water partition coefficient (Wildman–Crippen LogP) is 1.67. The summed E-state index contributed by atoms with van der Waals surface area (Å²) in [6.07, 6.45) is 0.748. The molecule has 0 aliphatic carbocycles. The van der Waals surface area contributed by atoms with E-state index in [1.165, 1.54) is 0 Å². The average molecular weight is 128 g/mol. The van der Waals surface area contributed by atoms with Gasteiger partial charge in [0.2, 0.25) is 0 Å². The van der Waals surface area contributed by atoms with E-state index in [1.54, 1.807) is 6.92 Å². The molecule has 0 aromatic heterocycles. The molecule has 0 aromatic carbocycles. The maximum absolute atomic E-state index is 10.7. The molecule has 0 saturated carbocycles. The number of rotatable bonds is 3. The molecule has 52 valence electrons. The molecule has 0 aromatic rings. The molecule has 0 unspecified atom stereocenters. The summed E-state index contributed by atoms with van der Waals surface area (Å²) in [5.41, 5.74) is 0. The van der Waals surface area contributed by atoms with Crippen LogP contribution in [0.3, 0.4) is 0 Å². The molecule has 0 radical (unpaired) electrons. The lowest BCUT2D eigenvalue weighted by Crippen LogP contribution is -2.11. The number of carbonyl (C=O) groups is 1. The Morgan fingerprint density at radius 3 is 2.33 bits per heavy atom. The molecule has 0 amide bonds. The molecule has 0 fully saturated rings. The van der Waals surface area contributed by atoms with E-state index < -0.39 is 0 Å². The van der Waals surface area contributed by atoms with Gasteiger partial charge in [0.05, 0.1) is 0 Å². The fraction of sp³-hybridized carbons (Fsp3) is 0.571. The Kier molecular flexibility index (Phi) is 2.99. The summed E-state index contributed by atoms with van der Waals surface area (Å²) in [5, 5.41) is 8.58. The first-order chi connectivity index (χ1) is 4.09. The van der Waals surface area contributed by atoms with Crippen molar-refractivity contribution in [3.05, 3.63) is 12.3 Å². The lowest BCUT2D eigenvalue weighted by atomic mass is 10.0. The van der Waals surface area contributed by atoms with Gasteiger partial charge in [-0.15, -0.1) is 0 Å². The Bertz CT molecular complexity index is 127. The highest BCUT2D eigenvalue weighted by molar-refractivity contribution is 5.93. The van der Waals surface area contributed by atoms with Gasteiger partial charge in [0.15, 0.2) is 11.5 Å². The normalized spacial score (nSPS) is 12.7. The van der Waals surface area contributed by atoms with Crippen LogP contribution in [0.25, 0.3) is 0 Å². The minimum atomic E-state index is -0.329. The monoisotopic (exact) mass is 128 g/mol. The summed E-state index contributed by atoms with van der Waals surface area (Å²) in [7, 11) is 0. The van der Waals surface area contributed by atoms with Crippen molar-refractivity contribution in [1.82, 2.24) is 0 Å². The van der Waals surface area contributed by atoms with Crippen LogP contribution < -0.4 is 0 Å². The van der Waals surface area contributed by atoms with Crippen LogP contribution in [0.4, 0.5) is 0 Å². The lowest BCUT2D eigenvalue weighted by molar-refractivity contribution is -0.121. The Labute approximate surface area is 55.2 Å². The standard InChI is InChI=1S/C7H12O2/c1-4-5(2)7(9)6(3)8/h5,8H,3-4H2,1-2H3/t5-/m0/s1. The summed E-state index contributed by atoms with van der Waals surface area (Å²) < 4.78 is 0. The summed E-state index contributed by atoms with van der Waals surface area (Å²) in [5.74, 6) is -0.677. The number of aliphatic hydroxyl groups is 1. The van der Waals surface area contributed by atoms with Gasteiger partial charge in [-0.25, -0.2) is 0 Å². The van der Waals surface area contributed by atoms with Gasteiger partial charge in [0.25, 0.3) is 0 Å². The zero-order chi connectivity index (χ0) is 7.44. The molecule has 0 saturated heterocycles. The van der Waals surface area contributed by atoms with Gasteiger partial charge in [0, 0.05) is 5.92 Å². The van der Waals surface area contributed by atoms with Crippen LogP contribution in [0.5, 0.6) is 0 Å². The van der Waals surface area contributed by atoms with E-state index in [4.69, 9.17) is 5.11 Å². The molecule has 2 nitrogen and oxygen atoms in total. The number of aliphatic hydroxyl groups excluding tert-OH is 1. The van der Waals surface area contributed by atoms with Crippen molar-refractivity contribution < 1.29 is 9.90 Å². The minimum Gasteiger partial charge on any atom is -0.505 e. The van der Waals surface area contributed by atoms with Crippen LogP contribution in [-0.2, 0) is 4.79 Å². The Balaban J connectivity index is 3.88. The quantitative estimate of drug-likeness (QED) is 0.463. The maximum Gasteiger partial charge on any atom is 0.199 e. The van der Waals surface area contributed by atoms with E-state index in [9.17, 15) is 4.79 Å². The predicted molar refractivity (Wildman–Crippen MR) is 36.2 cm³/mol. The first kappa shape index (κ1) is 8.21. The molecular weight excluding hydrogens is 116 g/mol. The smallest absolute Gasteiger partial charge is 0.199 e. The third-order valence-electron chi connectivity index (χ3n) is 1.34. The van der Waals surface area contributed by atoms with E-state index >= 15 is 0 Å². The first-order valence-electron chi connectivity index (χ1n) is 3.01. The Hall–Kier alpha value is -0.790. The molecule has 1 N–H and O–H groups in total. The number of hydrogen-bond acceptors (Lipinski definition) is 2. The lowest BCUT2D eigenvalue weighted by Gasteiger charge is -2.03. The fourth-order valence-electron chi connectivity index (χ4n) is 0.470. The first-order valence-corrected chi connectivity index (χ1v) is 3.01. The van der Waals surface area contributed by atoms with E-state index in [1.807, 2.05) is 6.92 Å². The van der Waals surface area contributed by atoms with Crippen molar-refractivity contribution in [1.29, 1.82) is 0 Å². The molecule has 0 spiro atoms. The van der Waals surface area contributed by atoms with Gasteiger partial charge in [0.1, 0.15) is 0 Å². The van der Waals surface area contributed by atoms with Crippen LogP contribution in [0, 0.1) is 5.92 Å². The SMILES string of the molecule is C=C(O)C(=O)[C@@H](C)CC. The summed E-state index contributed by atoms with van der Waals surface area (Å²) in [6.45, 7) is 6.79. The molecule has 2 heteroatoms. The van der Waals surface area contributed by atoms with Crippen molar-refractivity contribution in [2.75, 3.05) is 0 Å². The van der Waals surface area contributed by atoms with Crippen LogP contribution in [-0.4, -0.2) is 10.9 Å². The van der Waals surface area contributed by atoms with Gasteiger partial charge in [-0.1, -0.05) is 20.4 Å². The van der Waals surface area contributed by atoms with E-state index in [0.717, 1.165) is 6.42 Å². The number of ketones is 1. The minimum absolute atomic E-state index is 0.0949. The highest BCUT2D eigenvalue weighted by Crippen LogP contribution is 2.05. The van der Waals surface area contributed by atoms with E-state index in [-0.39, 0.29) is 17.5 Å². The van der Waals surface area contributed by atoms with Crippen molar-refractivity contribution in [2.45, 2.75) is 20.3 Å². The molecule has 0 bridgehead atoms. The third kappa shape index (κ3) is 2.31. The largest absolute Gasteiger partial charge is 0.505 e. The zero-order valence-electron chi connectivity index (χ0n) is 5.85. The molecule has 0 rings (SSSR count). The zero-order valence-corrected chi connectivity index (χ0v) is 5.85. The number of allylic oxidation sites excluding steroid dienone is 1. The second kappa shape index (κ2) is 3.28. The molecule has 9 heavy (non-hydrogen) atoms. The van der Waals surface area contributed by atoms with Gasteiger partial charge in [-0.3, -0.25) is 4.79 Å². The van der Waals surface area contributed by atoms with Gasteiger partial charge >= 0.3 is 0 Å². The molecule has 1 atom stereocenters. The number of hydrogen-bond donors (Lipinski definition) is 1. The second-order valence-corrected chi connectivity index (χ2v) is 2.12. The summed E-state index contributed by atoms with van der Waals surface area (Å²) >= 11 is 0. The maximum atomic E-state index is 10.7. The Morgan fingerprint density at radius 1 is 1.78 bits per heavy atom. The molecule has 0 aliphatic rings. The van der Waals surface area contributed by atoms with E-state index in [0.29, 0.717) is 0 Å². The summed E-state index contributed by atoms with van der Waals surface area (Å²) in [4.78, 5) is 10.7. The highest BCUT2D eigenvalue weighted by Gasteiger charge is 2.12. The topological polar surface area (TPSA) is 37.3 Å². The van der Waals surface area contributed by atoms with Gasteiger partial charge in [-0.05, 0) is 6.42 Å². The van der Waals surface area contributed by atoms with Crippen LogP contribution in [0.15, 0.2) is 12.3 Å². The Morgan fingerprint density at radius 2 is 2.22 bits per heavy atom. The van der Waals surface area contributed by atoms with E-state index in [2.05, 4.69) is 6.58 Å². The number of carbonyl (C=O) groups excluding carboxylic acids is 1. The van der Waals surface area contributed by atoms with Gasteiger partial charge in [-0.2, -0.15) is 0 Å². The van der Waals surface area contributed by atoms with Crippen LogP contribution in [0.1, 0.15) is 20.3 Å². The van der Waals surface area contributed by atoms with Crippen LogP contribution >= 0.6 is 0 Å². The summed E-state index contributed by atoms with van der Waals surface area (Å²) in [6, 6.07) is 0. The molecular formula is C7H12O2. The average Bonchev–Trinajstić information content (AvgIpc) is 1.84. The van der Waals surface area contributed by atoms with Crippen molar-refractivity contribution >= 4 is 5.78 Å². The van der Waals surface area contributed by atoms with Crippen LogP contribution in [0.2, 0.25) is 0 Å². The van der Waals surface area contributed by atoms with Crippen molar-refractivity contribution in [2.24, 2.45) is 5.92 Å². The highest BCUT2D eigenvalue weighted by atomic mass is 16.3. The third-order valence-corrected chi connectivity index (χ3v) is 1.34. The van der Waals surface area contributed by atoms with Gasteiger partial charge < -0.3 is 5.11 Å². The van der Waals surface area contributed by atoms with Crippen molar-refractivity contribution in [3.8, 4) is 0 Å². The number of Topliss-reactive ketones (excluding diaryl/α,β-unsaturated/α-hetero) is 1. The van der Waals surface area contributed by atoms with Crippen molar-refractivity contribution in [3.63, 3.8) is 0 Å². The fourth-order valence-corrected chi connectivity index (χ4v) is 0.470. The second-order valence-electron chi connectivity index (χ2n) is 2.12. The molecule has 0 heterocycles. The molecule has 0 aliphatic heterocycles.